The molecule has 1 fully saturated rings. The highest BCUT2D eigenvalue weighted by Crippen LogP contribution is 2.41. The molecule has 6 aromatic carbocycles. The number of aromatic nitrogens is 1. The van der Waals surface area contributed by atoms with Crippen molar-refractivity contribution in [2.24, 2.45) is 0 Å². The van der Waals surface area contributed by atoms with Gasteiger partial charge in [-0.25, -0.2) is 9.78 Å². The third-order valence-electron chi connectivity index (χ3n) is 11.7. The fourth-order valence-electron chi connectivity index (χ4n) is 8.39. The Balaban J connectivity index is 0.969. The predicted molar refractivity (Wildman–Crippen MR) is 261 cm³/mol. The molecule has 342 valence electrons. The van der Waals surface area contributed by atoms with Crippen LogP contribution in [0.5, 0.6) is 0 Å². The molecule has 3 heterocycles. The van der Waals surface area contributed by atoms with E-state index >= 15 is 0 Å². The molecular formula is C53H44N4O8S3. The number of benzene rings is 6. The van der Waals surface area contributed by atoms with Crippen molar-refractivity contribution < 1.29 is 35.9 Å². The predicted octanol–water partition coefficient (Wildman–Crippen LogP) is 8.32. The van der Waals surface area contributed by atoms with E-state index in [2.05, 4.69) is 47.0 Å². The molecule has 3 atom stereocenters. The topological polar surface area (TPSA) is 161 Å². The highest BCUT2D eigenvalue weighted by Gasteiger charge is 2.57. The minimum absolute atomic E-state index is 0.0433. The largest absolute Gasteiger partial charge is 0.448 e. The maximum Gasteiger partial charge on any atom is 0.356 e. The Morgan fingerprint density at radius 2 is 1.31 bits per heavy atom. The van der Waals surface area contributed by atoms with Crippen molar-refractivity contribution in [1.29, 1.82) is 0 Å². The summed E-state index contributed by atoms with van der Waals surface area (Å²) in [5, 5.41) is 7.66. The van der Waals surface area contributed by atoms with Crippen molar-refractivity contribution in [2.75, 3.05) is 11.1 Å². The number of nitrogens with one attached hydrogen (secondary N) is 2. The lowest BCUT2D eigenvalue weighted by Gasteiger charge is -2.49. The van der Waals surface area contributed by atoms with Gasteiger partial charge in [0.25, 0.3) is 5.91 Å². The maximum absolute atomic E-state index is 14.5. The van der Waals surface area contributed by atoms with E-state index in [1.54, 1.807) is 66.0 Å². The van der Waals surface area contributed by atoms with Crippen molar-refractivity contribution >= 4 is 55.2 Å². The number of carbonyl (C=O) groups excluding carboxylic acids is 3. The molecule has 2 aliphatic heterocycles. The van der Waals surface area contributed by atoms with Gasteiger partial charge in [0.2, 0.25) is 5.91 Å². The van der Waals surface area contributed by atoms with Crippen LogP contribution in [-0.2, 0) is 56.2 Å². The maximum atomic E-state index is 14.5. The number of fused-ring (bicyclic) bond motifs is 1. The van der Waals surface area contributed by atoms with Crippen LogP contribution >= 0.6 is 11.3 Å². The van der Waals surface area contributed by atoms with E-state index in [4.69, 9.17) is 13.9 Å². The molecule has 1 aromatic heterocycles. The third-order valence-corrected chi connectivity index (χ3v) is 15.3. The zero-order valence-electron chi connectivity index (χ0n) is 36.5. The van der Waals surface area contributed by atoms with E-state index in [9.17, 15) is 27.0 Å². The Hall–Kier alpha value is -7.46. The Labute approximate surface area is 400 Å². The van der Waals surface area contributed by atoms with Gasteiger partial charge in [-0.05, 0) is 58.5 Å². The van der Waals surface area contributed by atoms with E-state index in [-0.39, 0.29) is 28.3 Å². The summed E-state index contributed by atoms with van der Waals surface area (Å²) in [6.07, 6.45) is 0.975. The van der Waals surface area contributed by atoms with Crippen LogP contribution in [0.3, 0.4) is 0 Å². The van der Waals surface area contributed by atoms with Crippen molar-refractivity contribution in [3.05, 3.63) is 244 Å². The van der Waals surface area contributed by atoms with E-state index in [0.717, 1.165) is 33.4 Å². The normalized spacial score (nSPS) is 17.1. The van der Waals surface area contributed by atoms with Crippen LogP contribution in [0.1, 0.15) is 45.2 Å². The highest BCUT2D eigenvalue weighted by atomic mass is 32.2. The summed E-state index contributed by atoms with van der Waals surface area (Å²) in [4.78, 5) is 48.3. The SMILES string of the molecule is Cc1ccc(S(=O)(=O)O/C=C/C2=C(C(=O)OC(c3ccccc3)c3ccccc3)N3C(=O)C(NC(=O)Cc4csc(NC(c5ccccc5)(c5ccccc5)c5ccccc5)n4)C3S(=O)C2)cc1. The quantitative estimate of drug-likeness (QED) is 0.0317. The van der Waals surface area contributed by atoms with E-state index < -0.39 is 61.8 Å². The first-order valence-corrected chi connectivity index (χ1v) is 25.3. The van der Waals surface area contributed by atoms with Crippen LogP contribution in [0.15, 0.2) is 210 Å². The Morgan fingerprint density at radius 3 is 1.84 bits per heavy atom. The fraction of sp³-hybridized carbons (Fsp3) is 0.132. The summed E-state index contributed by atoms with van der Waals surface area (Å²) in [5.41, 5.74) is 4.48. The zero-order valence-corrected chi connectivity index (χ0v) is 39.0. The van der Waals surface area contributed by atoms with Gasteiger partial charge in [-0.2, -0.15) is 8.42 Å². The minimum atomic E-state index is -4.27. The average Bonchev–Trinajstić information content (AvgIpc) is 3.81. The smallest absolute Gasteiger partial charge is 0.356 e. The second-order valence-electron chi connectivity index (χ2n) is 16.1. The third kappa shape index (κ3) is 9.41. The van der Waals surface area contributed by atoms with Crippen LogP contribution in [0.2, 0.25) is 0 Å². The summed E-state index contributed by atoms with van der Waals surface area (Å²) < 4.78 is 51.6. The van der Waals surface area contributed by atoms with Crippen LogP contribution in [-0.4, -0.2) is 57.5 Å². The summed E-state index contributed by atoms with van der Waals surface area (Å²) in [5.74, 6) is -2.45. The Morgan fingerprint density at radius 1 is 0.794 bits per heavy atom. The van der Waals surface area contributed by atoms with Crippen molar-refractivity contribution in [1.82, 2.24) is 15.2 Å². The minimum Gasteiger partial charge on any atom is -0.448 e. The van der Waals surface area contributed by atoms with Crippen LogP contribution in [0.4, 0.5) is 5.13 Å². The van der Waals surface area contributed by atoms with Gasteiger partial charge >= 0.3 is 16.1 Å². The van der Waals surface area contributed by atoms with Crippen molar-refractivity contribution in [3.63, 3.8) is 0 Å². The Bertz CT molecular complexity index is 3000. The number of anilines is 1. The summed E-state index contributed by atoms with van der Waals surface area (Å²) in [6.45, 7) is 1.82. The zero-order chi connectivity index (χ0) is 47.3. The lowest BCUT2D eigenvalue weighted by molar-refractivity contribution is -0.154. The monoisotopic (exact) mass is 960 g/mol. The highest BCUT2D eigenvalue weighted by molar-refractivity contribution is 7.87. The molecule has 2 amide bonds. The number of hydrogen-bond acceptors (Lipinski definition) is 11. The molecule has 7 aromatic rings. The number of hydrogen-bond donors (Lipinski definition) is 2. The molecule has 12 nitrogen and oxygen atoms in total. The van der Waals surface area contributed by atoms with Crippen LogP contribution in [0.25, 0.3) is 0 Å². The molecule has 0 radical (unpaired) electrons. The number of nitrogens with zero attached hydrogens (tertiary/aromatic N) is 2. The lowest BCUT2D eigenvalue weighted by Crippen LogP contribution is -2.73. The first kappa shape index (κ1) is 45.7. The Kier molecular flexibility index (Phi) is 13.3. The molecule has 0 saturated carbocycles. The molecule has 0 spiro atoms. The number of ether oxygens (including phenoxy) is 1. The molecule has 15 heteroatoms. The van der Waals surface area contributed by atoms with Crippen LogP contribution in [0, 0.1) is 6.92 Å². The van der Waals surface area contributed by atoms with Crippen molar-refractivity contribution in [2.45, 2.75) is 41.3 Å². The van der Waals surface area contributed by atoms with Crippen molar-refractivity contribution in [3.8, 4) is 0 Å². The number of amides is 2. The fourth-order valence-corrected chi connectivity index (χ4v) is 11.6. The number of esters is 1. The van der Waals surface area contributed by atoms with Gasteiger partial charge < -0.3 is 19.6 Å². The second-order valence-corrected chi connectivity index (χ2v) is 20.1. The molecule has 0 bridgehead atoms. The van der Waals surface area contributed by atoms with Gasteiger partial charge in [0.1, 0.15) is 33.8 Å². The molecular weight excluding hydrogens is 917 g/mol. The first-order valence-electron chi connectivity index (χ1n) is 21.6. The molecule has 1 saturated heterocycles. The number of carbonyl (C=O) groups is 3. The number of rotatable bonds is 16. The first-order chi connectivity index (χ1) is 33.0. The van der Waals surface area contributed by atoms with E-state index in [1.165, 1.54) is 29.5 Å². The van der Waals surface area contributed by atoms with Gasteiger partial charge in [0.15, 0.2) is 11.2 Å². The standard InChI is InChI=1S/C53H44N4O8S3/c1-36-27-29-44(30-28-36)68(62,63)64-32-31-39-35-67(61)50-46(49(59)57(50)47(39)51(60)65-48(37-17-7-2-8-18-37)38-19-9-3-10-20-38)55-45(58)33-43-34-66-52(54-43)56-53(40-21-11-4-12-22-40,41-23-13-5-14-24-41)42-25-15-6-16-26-42/h2-32,34,46,48,50H,33,35H2,1H3,(H,54,56)(H,55,58)/b32-31+. The van der Waals surface area contributed by atoms with Gasteiger partial charge in [0, 0.05) is 5.38 Å². The summed E-state index contributed by atoms with van der Waals surface area (Å²) in [6, 6.07) is 53.0. The number of allylic oxidation sites excluding steroid dienone is 1. The molecule has 0 aliphatic carbocycles. The average molecular weight is 961 g/mol. The number of thiazole rings is 1. The van der Waals surface area contributed by atoms with Gasteiger partial charge in [-0.3, -0.25) is 18.7 Å². The van der Waals surface area contributed by atoms with Gasteiger partial charge in [-0.1, -0.05) is 169 Å². The van der Waals surface area contributed by atoms with Gasteiger partial charge in [-0.15, -0.1) is 11.3 Å². The second kappa shape index (κ2) is 19.8. The number of aryl methyl sites for hydroxylation is 1. The molecule has 3 unspecified atom stereocenters. The van der Waals surface area contributed by atoms with E-state index in [1.807, 2.05) is 73.7 Å². The summed E-state index contributed by atoms with van der Waals surface area (Å²) >= 11 is 1.33. The lowest BCUT2D eigenvalue weighted by atomic mass is 9.77. The number of β-lactam (4-membered cyclic amide) rings is 1. The van der Waals surface area contributed by atoms with E-state index in [0.29, 0.717) is 22.0 Å². The molecule has 68 heavy (non-hydrogen) atoms. The molecule has 2 N–H and O–H groups in total. The van der Waals surface area contributed by atoms with Crippen LogP contribution < -0.4 is 10.6 Å². The molecule has 9 rings (SSSR count). The van der Waals surface area contributed by atoms with Gasteiger partial charge in [0.05, 0.1) is 28.7 Å². The summed E-state index contributed by atoms with van der Waals surface area (Å²) in [7, 11) is -6.15. The molecule has 2 aliphatic rings.